The number of para-hydroxylation sites is 2. The predicted octanol–water partition coefficient (Wildman–Crippen LogP) is 1.57. The second kappa shape index (κ2) is 7.68. The summed E-state index contributed by atoms with van der Waals surface area (Å²) in [5, 5.41) is 2.94. The summed E-state index contributed by atoms with van der Waals surface area (Å²) in [6, 6.07) is 15.9. The number of amides is 2. The van der Waals surface area contributed by atoms with Crippen molar-refractivity contribution in [3.8, 4) is 5.75 Å². The summed E-state index contributed by atoms with van der Waals surface area (Å²) in [5.74, 6) is -0.0925. The first kappa shape index (κ1) is 15.4. The van der Waals surface area contributed by atoms with E-state index in [2.05, 4.69) is 16.2 Å². The first-order valence-electron chi connectivity index (χ1n) is 6.72. The molecule has 114 valence electrons. The number of benzene rings is 2. The van der Waals surface area contributed by atoms with E-state index in [9.17, 15) is 9.59 Å². The minimum atomic E-state index is -0.369. The Morgan fingerprint density at radius 3 is 2.36 bits per heavy atom. The van der Waals surface area contributed by atoms with Crippen LogP contribution in [-0.4, -0.2) is 25.5 Å². The van der Waals surface area contributed by atoms with Crippen molar-refractivity contribution in [3.63, 3.8) is 0 Å². The molecule has 3 N–H and O–H groups in total. The lowest BCUT2D eigenvalue weighted by molar-refractivity contribution is -0.120. The number of hydrogen-bond acceptors (Lipinski definition) is 4. The van der Waals surface area contributed by atoms with Gasteiger partial charge in [-0.1, -0.05) is 30.3 Å². The molecule has 0 fully saturated rings. The molecular weight excluding hydrogens is 282 g/mol. The number of hydrogen-bond donors (Lipinski definition) is 3. The molecule has 0 atom stereocenters. The van der Waals surface area contributed by atoms with E-state index < -0.39 is 0 Å². The molecule has 0 heterocycles. The van der Waals surface area contributed by atoms with Crippen molar-refractivity contribution in [2.24, 2.45) is 0 Å². The van der Waals surface area contributed by atoms with Crippen molar-refractivity contribution < 1.29 is 14.3 Å². The van der Waals surface area contributed by atoms with Gasteiger partial charge < -0.3 is 10.1 Å². The average Bonchev–Trinajstić information content (AvgIpc) is 2.58. The molecule has 6 nitrogen and oxygen atoms in total. The van der Waals surface area contributed by atoms with Crippen LogP contribution in [-0.2, 0) is 4.79 Å². The normalized spacial score (nSPS) is 9.68. The highest BCUT2D eigenvalue weighted by molar-refractivity contribution is 5.95. The highest BCUT2D eigenvalue weighted by atomic mass is 16.5. The summed E-state index contributed by atoms with van der Waals surface area (Å²) in [6.45, 7) is 0.00937. The SMILES string of the molecule is COc1ccccc1NCC(=O)NNC(=O)c1ccccc1. The average molecular weight is 299 g/mol. The molecule has 0 aliphatic carbocycles. The third-order valence-corrected chi connectivity index (χ3v) is 2.90. The van der Waals surface area contributed by atoms with Gasteiger partial charge in [-0.3, -0.25) is 20.4 Å². The van der Waals surface area contributed by atoms with Gasteiger partial charge in [-0.2, -0.15) is 0 Å². The number of methoxy groups -OCH3 is 1. The largest absolute Gasteiger partial charge is 0.495 e. The molecule has 22 heavy (non-hydrogen) atoms. The van der Waals surface area contributed by atoms with Gasteiger partial charge in [0.1, 0.15) is 5.75 Å². The predicted molar refractivity (Wildman–Crippen MR) is 83.5 cm³/mol. The third-order valence-electron chi connectivity index (χ3n) is 2.90. The van der Waals surface area contributed by atoms with Gasteiger partial charge in [-0.25, -0.2) is 0 Å². The molecule has 0 unspecified atom stereocenters. The smallest absolute Gasteiger partial charge is 0.269 e. The second-order valence-electron chi connectivity index (χ2n) is 4.42. The van der Waals surface area contributed by atoms with E-state index >= 15 is 0 Å². The molecule has 0 spiro atoms. The summed E-state index contributed by atoms with van der Waals surface area (Å²) in [7, 11) is 1.56. The highest BCUT2D eigenvalue weighted by Gasteiger charge is 2.07. The Labute approximate surface area is 128 Å². The lowest BCUT2D eigenvalue weighted by atomic mass is 10.2. The Morgan fingerprint density at radius 2 is 1.64 bits per heavy atom. The van der Waals surface area contributed by atoms with Crippen LogP contribution in [0.2, 0.25) is 0 Å². The molecule has 2 amide bonds. The lowest BCUT2D eigenvalue weighted by Crippen LogP contribution is -2.44. The molecule has 0 aliphatic heterocycles. The van der Waals surface area contributed by atoms with Gasteiger partial charge in [0.05, 0.1) is 19.3 Å². The van der Waals surface area contributed by atoms with Crippen molar-refractivity contribution in [1.82, 2.24) is 10.9 Å². The summed E-state index contributed by atoms with van der Waals surface area (Å²) in [6.07, 6.45) is 0. The van der Waals surface area contributed by atoms with Crippen LogP contribution in [0.3, 0.4) is 0 Å². The molecule has 2 aromatic rings. The topological polar surface area (TPSA) is 79.5 Å². The monoisotopic (exact) mass is 299 g/mol. The molecule has 0 saturated heterocycles. The molecule has 0 radical (unpaired) electrons. The Morgan fingerprint density at radius 1 is 0.955 bits per heavy atom. The van der Waals surface area contributed by atoms with E-state index in [0.29, 0.717) is 17.0 Å². The molecule has 0 aliphatic rings. The van der Waals surface area contributed by atoms with Gasteiger partial charge in [-0.05, 0) is 24.3 Å². The van der Waals surface area contributed by atoms with Crippen LogP contribution in [0.5, 0.6) is 5.75 Å². The quantitative estimate of drug-likeness (QED) is 0.732. The number of carbonyl (C=O) groups excluding carboxylic acids is 2. The minimum absolute atomic E-state index is 0.00937. The van der Waals surface area contributed by atoms with Crippen molar-refractivity contribution in [3.05, 3.63) is 60.2 Å². The summed E-state index contributed by atoms with van der Waals surface area (Å²) in [4.78, 5) is 23.5. The van der Waals surface area contributed by atoms with Crippen LogP contribution in [0.25, 0.3) is 0 Å². The van der Waals surface area contributed by atoms with Crippen molar-refractivity contribution >= 4 is 17.5 Å². The van der Waals surface area contributed by atoms with E-state index in [1.165, 1.54) is 0 Å². The lowest BCUT2D eigenvalue weighted by Gasteiger charge is -2.11. The Balaban J connectivity index is 1.80. The Kier molecular flexibility index (Phi) is 5.37. The zero-order chi connectivity index (χ0) is 15.8. The zero-order valence-electron chi connectivity index (χ0n) is 12.1. The molecule has 6 heteroatoms. The molecule has 0 aromatic heterocycles. The van der Waals surface area contributed by atoms with E-state index in [-0.39, 0.29) is 18.4 Å². The van der Waals surface area contributed by atoms with Crippen molar-refractivity contribution in [2.45, 2.75) is 0 Å². The molecule has 2 rings (SSSR count). The van der Waals surface area contributed by atoms with Gasteiger partial charge in [0.2, 0.25) is 0 Å². The van der Waals surface area contributed by atoms with Gasteiger partial charge in [0.15, 0.2) is 0 Å². The fourth-order valence-corrected chi connectivity index (χ4v) is 1.80. The summed E-state index contributed by atoms with van der Waals surface area (Å²) < 4.78 is 5.17. The van der Waals surface area contributed by atoms with Crippen LogP contribution >= 0.6 is 0 Å². The van der Waals surface area contributed by atoms with Crippen LogP contribution in [0.1, 0.15) is 10.4 Å². The molecule has 0 saturated carbocycles. The van der Waals surface area contributed by atoms with Crippen molar-refractivity contribution in [2.75, 3.05) is 19.0 Å². The van der Waals surface area contributed by atoms with Gasteiger partial charge in [0.25, 0.3) is 11.8 Å². The number of nitrogens with one attached hydrogen (secondary N) is 3. The van der Waals surface area contributed by atoms with Gasteiger partial charge in [-0.15, -0.1) is 0 Å². The number of rotatable bonds is 5. The maximum atomic E-state index is 11.8. The fourth-order valence-electron chi connectivity index (χ4n) is 1.80. The number of ether oxygens (including phenoxy) is 1. The molecule has 0 bridgehead atoms. The number of anilines is 1. The Bertz CT molecular complexity index is 644. The number of hydrazine groups is 1. The van der Waals surface area contributed by atoms with Crippen LogP contribution < -0.4 is 20.9 Å². The summed E-state index contributed by atoms with van der Waals surface area (Å²) >= 11 is 0. The van der Waals surface area contributed by atoms with Crippen LogP contribution in [0.15, 0.2) is 54.6 Å². The van der Waals surface area contributed by atoms with Crippen LogP contribution in [0, 0.1) is 0 Å². The standard InChI is InChI=1S/C16H17N3O3/c1-22-14-10-6-5-9-13(14)17-11-15(20)18-19-16(21)12-7-3-2-4-8-12/h2-10,17H,11H2,1H3,(H,18,20)(H,19,21). The van der Waals surface area contributed by atoms with Crippen molar-refractivity contribution in [1.29, 1.82) is 0 Å². The van der Waals surface area contributed by atoms with Gasteiger partial charge >= 0.3 is 0 Å². The van der Waals surface area contributed by atoms with E-state index in [1.54, 1.807) is 43.5 Å². The number of carbonyl (C=O) groups is 2. The van der Waals surface area contributed by atoms with Crippen LogP contribution in [0.4, 0.5) is 5.69 Å². The highest BCUT2D eigenvalue weighted by Crippen LogP contribution is 2.22. The minimum Gasteiger partial charge on any atom is -0.495 e. The maximum Gasteiger partial charge on any atom is 0.269 e. The first-order valence-corrected chi connectivity index (χ1v) is 6.72. The Hall–Kier alpha value is -3.02. The van der Waals surface area contributed by atoms with E-state index in [0.717, 1.165) is 0 Å². The second-order valence-corrected chi connectivity index (χ2v) is 4.42. The molecular formula is C16H17N3O3. The summed E-state index contributed by atoms with van der Waals surface area (Å²) in [5.41, 5.74) is 5.88. The van der Waals surface area contributed by atoms with E-state index in [4.69, 9.17) is 4.74 Å². The third kappa shape index (κ3) is 4.24. The molecule has 2 aromatic carbocycles. The zero-order valence-corrected chi connectivity index (χ0v) is 12.1. The fraction of sp³-hybridized carbons (Fsp3) is 0.125. The maximum absolute atomic E-state index is 11.8. The van der Waals surface area contributed by atoms with E-state index in [1.807, 2.05) is 18.2 Å². The first-order chi connectivity index (χ1) is 10.7. The van der Waals surface area contributed by atoms with Gasteiger partial charge in [0, 0.05) is 5.56 Å².